The number of rotatable bonds is 1. The number of hydrogen-bond acceptors (Lipinski definition) is 2. The van der Waals surface area contributed by atoms with Crippen LogP contribution in [0.5, 0.6) is 0 Å². The Bertz CT molecular complexity index is 1450. The molecule has 0 bridgehead atoms. The Morgan fingerprint density at radius 3 is 1.92 bits per heavy atom. The third-order valence-electron chi connectivity index (χ3n) is 5.00. The molecule has 26 heavy (non-hydrogen) atoms. The first-order chi connectivity index (χ1) is 12.5. The smallest absolute Gasteiger partial charge is 0.282 e. The Hall–Kier alpha value is -2.95. The van der Waals surface area contributed by atoms with Crippen molar-refractivity contribution in [2.45, 2.75) is 4.90 Å². The van der Waals surface area contributed by atoms with E-state index in [1.165, 1.54) is 11.5 Å². The second kappa shape index (κ2) is 5.27. The van der Waals surface area contributed by atoms with Crippen LogP contribution in [0.2, 0.25) is 0 Å². The second-order valence-electron chi connectivity index (χ2n) is 6.44. The van der Waals surface area contributed by atoms with Crippen LogP contribution in [-0.2, 0) is 10.1 Å². The van der Waals surface area contributed by atoms with Crippen LogP contribution in [0.3, 0.4) is 0 Å². The summed E-state index contributed by atoms with van der Waals surface area (Å²) >= 11 is 0. The highest BCUT2D eigenvalue weighted by molar-refractivity contribution is 7.86. The van der Waals surface area contributed by atoms with Gasteiger partial charge in [-0.25, -0.2) is 0 Å². The molecule has 0 saturated heterocycles. The summed E-state index contributed by atoms with van der Waals surface area (Å²) in [7, 11) is -4.31. The quantitative estimate of drug-likeness (QED) is 0.316. The van der Waals surface area contributed by atoms with E-state index < -0.39 is 10.1 Å². The van der Waals surface area contributed by atoms with Crippen LogP contribution >= 0.6 is 0 Å². The Morgan fingerprint density at radius 2 is 1.12 bits per heavy atom. The van der Waals surface area contributed by atoms with Crippen molar-refractivity contribution < 1.29 is 13.0 Å². The van der Waals surface area contributed by atoms with Gasteiger partial charge in [0.2, 0.25) is 0 Å². The normalized spacial score (nSPS) is 12.3. The minimum atomic E-state index is -4.31. The van der Waals surface area contributed by atoms with Gasteiger partial charge in [-0.05, 0) is 43.8 Å². The molecule has 3 nitrogen and oxygen atoms in total. The Morgan fingerprint density at radius 1 is 0.538 bits per heavy atom. The van der Waals surface area contributed by atoms with Crippen molar-refractivity contribution in [2.24, 2.45) is 0 Å². The summed E-state index contributed by atoms with van der Waals surface area (Å²) in [5.41, 5.74) is 0. The predicted molar refractivity (Wildman–Crippen MR) is 106 cm³/mol. The van der Waals surface area contributed by atoms with Crippen molar-refractivity contribution in [1.29, 1.82) is 0 Å². The summed E-state index contributed by atoms with van der Waals surface area (Å²) < 4.78 is 33.4. The summed E-state index contributed by atoms with van der Waals surface area (Å²) in [6.45, 7) is 0. The molecule has 0 heterocycles. The van der Waals surface area contributed by atoms with E-state index in [1.54, 1.807) is 6.07 Å². The van der Waals surface area contributed by atoms with Gasteiger partial charge >= 0.3 is 0 Å². The summed E-state index contributed by atoms with van der Waals surface area (Å²) in [5, 5.41) is 7.65. The van der Waals surface area contributed by atoms with Crippen molar-refractivity contribution in [3.05, 3.63) is 78.9 Å². The molecule has 0 unspecified atom stereocenters. The highest BCUT2D eigenvalue weighted by atomic mass is 32.2. The van der Waals surface area contributed by atoms with Crippen molar-refractivity contribution in [3.8, 4) is 0 Å². The van der Waals surface area contributed by atoms with Crippen LogP contribution in [0.1, 0.15) is 0 Å². The van der Waals surface area contributed by atoms with Gasteiger partial charge in [-0.1, -0.05) is 72.8 Å². The van der Waals surface area contributed by atoms with Gasteiger partial charge in [-0.15, -0.1) is 0 Å². The fourth-order valence-electron chi connectivity index (χ4n) is 3.87. The number of hydrogen-bond donors (Lipinski definition) is 1. The Balaban J connectivity index is 2.03. The zero-order chi connectivity index (χ0) is 17.9. The van der Waals surface area contributed by atoms with Gasteiger partial charge in [0.15, 0.2) is 0 Å². The lowest BCUT2D eigenvalue weighted by Crippen LogP contribution is -1.99. The predicted octanol–water partition coefficient (Wildman–Crippen LogP) is 5.55. The standard InChI is InChI=1S/C22H14O3S/c23-26(24,25)21-7-3-5-15-9-11-19-18-10-8-14-4-1-2-6-16(14)17(18)12-13-20(19)22(15)21/h1-13H,(H,23,24,25). The van der Waals surface area contributed by atoms with Gasteiger partial charge < -0.3 is 0 Å². The zero-order valence-electron chi connectivity index (χ0n) is 13.7. The zero-order valence-corrected chi connectivity index (χ0v) is 14.5. The van der Waals surface area contributed by atoms with E-state index in [1.807, 2.05) is 42.5 Å². The molecule has 0 atom stereocenters. The van der Waals surface area contributed by atoms with Gasteiger partial charge in [0.1, 0.15) is 4.90 Å². The van der Waals surface area contributed by atoms with E-state index in [0.717, 1.165) is 32.3 Å². The molecular weight excluding hydrogens is 344 g/mol. The molecule has 126 valence electrons. The second-order valence-corrected chi connectivity index (χ2v) is 7.83. The lowest BCUT2D eigenvalue weighted by Gasteiger charge is -2.11. The van der Waals surface area contributed by atoms with Crippen molar-refractivity contribution >= 4 is 53.2 Å². The molecule has 0 aromatic heterocycles. The SMILES string of the molecule is O=S(=O)(O)c1cccc2ccc3c4ccc5ccccc5c4ccc3c12. The lowest BCUT2D eigenvalue weighted by molar-refractivity contribution is 0.484. The fourth-order valence-corrected chi connectivity index (χ4v) is 4.61. The third kappa shape index (κ3) is 2.13. The van der Waals surface area contributed by atoms with Crippen LogP contribution in [0, 0.1) is 0 Å². The highest BCUT2D eigenvalue weighted by Gasteiger charge is 2.16. The molecule has 1 N–H and O–H groups in total. The van der Waals surface area contributed by atoms with E-state index in [2.05, 4.69) is 24.3 Å². The minimum Gasteiger partial charge on any atom is -0.282 e. The molecule has 0 spiro atoms. The average Bonchev–Trinajstić information content (AvgIpc) is 2.65. The maximum absolute atomic E-state index is 11.9. The summed E-state index contributed by atoms with van der Waals surface area (Å²) in [5.74, 6) is 0. The number of fused-ring (bicyclic) bond motifs is 7. The molecule has 0 fully saturated rings. The van der Waals surface area contributed by atoms with Crippen LogP contribution in [-0.4, -0.2) is 13.0 Å². The fraction of sp³-hybridized carbons (Fsp3) is 0. The monoisotopic (exact) mass is 358 g/mol. The van der Waals surface area contributed by atoms with Gasteiger partial charge in [0.25, 0.3) is 10.1 Å². The van der Waals surface area contributed by atoms with E-state index >= 15 is 0 Å². The van der Waals surface area contributed by atoms with E-state index in [9.17, 15) is 13.0 Å². The van der Waals surface area contributed by atoms with E-state index in [4.69, 9.17) is 0 Å². The molecule has 0 saturated carbocycles. The van der Waals surface area contributed by atoms with Crippen molar-refractivity contribution in [3.63, 3.8) is 0 Å². The Labute approximate surface area is 150 Å². The molecule has 5 aromatic rings. The lowest BCUT2D eigenvalue weighted by atomic mass is 9.94. The van der Waals surface area contributed by atoms with Crippen molar-refractivity contribution in [1.82, 2.24) is 0 Å². The molecule has 0 aliphatic rings. The largest absolute Gasteiger partial charge is 0.295 e. The molecule has 0 aliphatic carbocycles. The van der Waals surface area contributed by atoms with Gasteiger partial charge in [-0.3, -0.25) is 4.55 Å². The molecule has 0 amide bonds. The van der Waals surface area contributed by atoms with Crippen molar-refractivity contribution in [2.75, 3.05) is 0 Å². The van der Waals surface area contributed by atoms with Gasteiger partial charge in [-0.2, -0.15) is 8.42 Å². The van der Waals surface area contributed by atoms with E-state index in [-0.39, 0.29) is 4.90 Å². The maximum Gasteiger partial charge on any atom is 0.295 e. The molecule has 5 rings (SSSR count). The van der Waals surface area contributed by atoms with Crippen LogP contribution in [0.15, 0.2) is 83.8 Å². The first-order valence-electron chi connectivity index (χ1n) is 8.27. The topological polar surface area (TPSA) is 54.4 Å². The first-order valence-corrected chi connectivity index (χ1v) is 9.71. The summed E-state index contributed by atoms with van der Waals surface area (Å²) in [4.78, 5) is -0.0549. The summed E-state index contributed by atoms with van der Waals surface area (Å²) in [6.07, 6.45) is 0. The van der Waals surface area contributed by atoms with Gasteiger partial charge in [0, 0.05) is 5.39 Å². The maximum atomic E-state index is 11.9. The van der Waals surface area contributed by atoms with E-state index in [0.29, 0.717) is 5.39 Å². The Kier molecular flexibility index (Phi) is 3.11. The number of benzene rings is 5. The minimum absolute atomic E-state index is 0.0549. The van der Waals surface area contributed by atoms with Gasteiger partial charge in [0.05, 0.1) is 0 Å². The molecule has 4 heteroatoms. The molecule has 0 radical (unpaired) electrons. The molecular formula is C22H14O3S. The van der Waals surface area contributed by atoms with Crippen LogP contribution in [0.25, 0.3) is 43.1 Å². The average molecular weight is 358 g/mol. The summed E-state index contributed by atoms with van der Waals surface area (Å²) in [6, 6.07) is 25.2. The van der Waals surface area contributed by atoms with Crippen LogP contribution < -0.4 is 0 Å². The highest BCUT2D eigenvalue weighted by Crippen LogP contribution is 2.36. The molecule has 5 aromatic carbocycles. The molecule has 0 aliphatic heterocycles. The first kappa shape index (κ1) is 15.3. The van der Waals surface area contributed by atoms with Crippen LogP contribution in [0.4, 0.5) is 0 Å². The third-order valence-corrected chi connectivity index (χ3v) is 5.90.